The Morgan fingerprint density at radius 3 is 2.36 bits per heavy atom. The maximum Gasteiger partial charge on any atom is 0.418 e. The first-order valence-corrected chi connectivity index (χ1v) is 10.2. The molecular formula is C23H24F3N3O4. The maximum atomic E-state index is 13.1. The van der Waals surface area contributed by atoms with E-state index in [9.17, 15) is 27.6 Å². The Morgan fingerprint density at radius 1 is 1.06 bits per heavy atom. The van der Waals surface area contributed by atoms with Gasteiger partial charge in [0.2, 0.25) is 11.8 Å². The van der Waals surface area contributed by atoms with Gasteiger partial charge in [0.1, 0.15) is 6.04 Å². The Balaban J connectivity index is 1.65. The number of amides is 2. The van der Waals surface area contributed by atoms with Crippen LogP contribution in [0, 0.1) is 0 Å². The third-order valence-corrected chi connectivity index (χ3v) is 5.37. The van der Waals surface area contributed by atoms with Gasteiger partial charge in [0.15, 0.2) is 0 Å². The number of rotatable bonds is 6. The Morgan fingerprint density at radius 2 is 1.70 bits per heavy atom. The van der Waals surface area contributed by atoms with Crippen LogP contribution in [0.1, 0.15) is 16.7 Å². The molecule has 2 aromatic carbocycles. The molecule has 7 nitrogen and oxygen atoms in total. The van der Waals surface area contributed by atoms with Crippen molar-refractivity contribution in [3.63, 3.8) is 0 Å². The molecule has 2 aromatic rings. The SMILES string of the molecule is COC(=O)C1Cc2ccccc2CN1C(=O)CN(C)CC(=O)Nc1ccccc1C(F)(F)F. The molecule has 0 aromatic heterocycles. The third-order valence-electron chi connectivity index (χ3n) is 5.37. The van der Waals surface area contributed by atoms with Gasteiger partial charge in [-0.25, -0.2) is 4.79 Å². The number of ether oxygens (including phenoxy) is 1. The topological polar surface area (TPSA) is 79.0 Å². The monoisotopic (exact) mass is 463 g/mol. The number of fused-ring (bicyclic) bond motifs is 1. The molecule has 3 rings (SSSR count). The minimum absolute atomic E-state index is 0.204. The molecule has 1 aliphatic heterocycles. The Kier molecular flexibility index (Phi) is 7.37. The Labute approximate surface area is 189 Å². The molecule has 1 atom stereocenters. The molecule has 1 N–H and O–H groups in total. The second-order valence-electron chi connectivity index (χ2n) is 7.80. The number of methoxy groups -OCH3 is 1. The average Bonchev–Trinajstić information content (AvgIpc) is 2.77. The molecule has 1 aliphatic rings. The number of nitrogens with one attached hydrogen (secondary N) is 1. The number of hydrogen-bond donors (Lipinski definition) is 1. The number of hydrogen-bond acceptors (Lipinski definition) is 5. The van der Waals surface area contributed by atoms with E-state index in [0.717, 1.165) is 23.3 Å². The van der Waals surface area contributed by atoms with Gasteiger partial charge in [0.25, 0.3) is 0 Å². The number of halogens is 3. The second-order valence-corrected chi connectivity index (χ2v) is 7.80. The van der Waals surface area contributed by atoms with E-state index in [0.29, 0.717) is 6.42 Å². The number of benzene rings is 2. The fraction of sp³-hybridized carbons (Fsp3) is 0.348. The first kappa shape index (κ1) is 24.2. The standard InChI is InChI=1S/C23H24F3N3O4/c1-28(13-20(30)27-18-10-6-5-9-17(18)23(24,25)26)14-21(31)29-12-16-8-4-3-7-15(16)11-19(29)22(32)33-2/h3-10,19H,11-14H2,1-2H3,(H,27,30). The lowest BCUT2D eigenvalue weighted by Gasteiger charge is -2.36. The second kappa shape index (κ2) is 10.0. The summed E-state index contributed by atoms with van der Waals surface area (Å²) in [5.41, 5.74) is 0.557. The fourth-order valence-electron chi connectivity index (χ4n) is 3.78. The summed E-state index contributed by atoms with van der Waals surface area (Å²) in [4.78, 5) is 40.4. The van der Waals surface area contributed by atoms with Crippen molar-refractivity contribution >= 4 is 23.5 Å². The summed E-state index contributed by atoms with van der Waals surface area (Å²) in [6.45, 7) is -0.303. The molecule has 0 saturated carbocycles. The summed E-state index contributed by atoms with van der Waals surface area (Å²) < 4.78 is 44.2. The third kappa shape index (κ3) is 5.89. The van der Waals surface area contributed by atoms with Crippen LogP contribution in [0.2, 0.25) is 0 Å². The van der Waals surface area contributed by atoms with Gasteiger partial charge >= 0.3 is 12.1 Å². The van der Waals surface area contributed by atoms with Crippen molar-refractivity contribution in [3.8, 4) is 0 Å². The number of esters is 1. The molecule has 176 valence electrons. The molecule has 1 unspecified atom stereocenters. The van der Waals surface area contributed by atoms with E-state index < -0.39 is 35.6 Å². The fourth-order valence-corrected chi connectivity index (χ4v) is 3.78. The van der Waals surface area contributed by atoms with Crippen molar-refractivity contribution in [2.45, 2.75) is 25.2 Å². The lowest BCUT2D eigenvalue weighted by molar-refractivity contribution is -0.154. The van der Waals surface area contributed by atoms with Gasteiger partial charge in [-0.15, -0.1) is 0 Å². The molecule has 0 spiro atoms. The smallest absolute Gasteiger partial charge is 0.418 e. The number of carbonyl (C=O) groups is 3. The highest BCUT2D eigenvalue weighted by Crippen LogP contribution is 2.34. The van der Waals surface area contributed by atoms with Crippen LogP contribution in [-0.2, 0) is 38.3 Å². The van der Waals surface area contributed by atoms with Gasteiger partial charge in [0.05, 0.1) is 31.5 Å². The zero-order valence-electron chi connectivity index (χ0n) is 18.2. The van der Waals surface area contributed by atoms with Crippen molar-refractivity contribution in [3.05, 3.63) is 65.2 Å². The van der Waals surface area contributed by atoms with E-state index in [1.165, 1.54) is 36.1 Å². The zero-order valence-corrected chi connectivity index (χ0v) is 18.2. The molecule has 0 fully saturated rings. The highest BCUT2D eigenvalue weighted by molar-refractivity contribution is 5.93. The summed E-state index contributed by atoms with van der Waals surface area (Å²) in [7, 11) is 2.75. The minimum Gasteiger partial charge on any atom is -0.467 e. The van der Waals surface area contributed by atoms with Crippen LogP contribution in [0.15, 0.2) is 48.5 Å². The first-order chi connectivity index (χ1) is 15.6. The number of para-hydroxylation sites is 1. The summed E-state index contributed by atoms with van der Waals surface area (Å²) in [6.07, 6.45) is -4.30. The van der Waals surface area contributed by atoms with E-state index in [2.05, 4.69) is 5.32 Å². The van der Waals surface area contributed by atoms with Crippen molar-refractivity contribution in [2.24, 2.45) is 0 Å². The molecule has 0 bridgehead atoms. The predicted octanol–water partition coefficient (Wildman–Crippen LogP) is 2.70. The number of anilines is 1. The van der Waals surface area contributed by atoms with Gasteiger partial charge in [-0.1, -0.05) is 36.4 Å². The molecule has 2 amide bonds. The number of likely N-dealkylation sites (N-methyl/N-ethyl adjacent to an activating group) is 1. The highest BCUT2D eigenvalue weighted by atomic mass is 19.4. The lowest BCUT2D eigenvalue weighted by atomic mass is 9.94. The van der Waals surface area contributed by atoms with Crippen LogP contribution in [0.3, 0.4) is 0 Å². The normalized spacial score (nSPS) is 15.7. The van der Waals surface area contributed by atoms with E-state index in [1.807, 2.05) is 24.3 Å². The molecule has 33 heavy (non-hydrogen) atoms. The van der Waals surface area contributed by atoms with Crippen LogP contribution in [0.4, 0.5) is 18.9 Å². The van der Waals surface area contributed by atoms with Gasteiger partial charge < -0.3 is 15.0 Å². The van der Waals surface area contributed by atoms with Gasteiger partial charge in [0, 0.05) is 13.0 Å². The Hall–Kier alpha value is -3.40. The molecule has 0 saturated heterocycles. The minimum atomic E-state index is -4.61. The largest absolute Gasteiger partial charge is 0.467 e. The van der Waals surface area contributed by atoms with Crippen molar-refractivity contribution < 1.29 is 32.3 Å². The average molecular weight is 463 g/mol. The molecule has 0 radical (unpaired) electrons. The van der Waals surface area contributed by atoms with Gasteiger partial charge in [-0.2, -0.15) is 13.2 Å². The van der Waals surface area contributed by atoms with Crippen molar-refractivity contribution in [1.29, 1.82) is 0 Å². The molecular weight excluding hydrogens is 439 g/mol. The number of nitrogens with zero attached hydrogens (tertiary/aromatic N) is 2. The lowest BCUT2D eigenvalue weighted by Crippen LogP contribution is -2.52. The van der Waals surface area contributed by atoms with E-state index >= 15 is 0 Å². The van der Waals surface area contributed by atoms with Crippen molar-refractivity contribution in [2.75, 3.05) is 32.6 Å². The summed E-state index contributed by atoms with van der Waals surface area (Å²) in [6, 6.07) is 11.3. The van der Waals surface area contributed by atoms with Gasteiger partial charge in [-0.05, 0) is 30.3 Å². The number of carbonyl (C=O) groups excluding carboxylic acids is 3. The van der Waals surface area contributed by atoms with E-state index in [4.69, 9.17) is 4.74 Å². The molecule has 1 heterocycles. The summed E-state index contributed by atoms with van der Waals surface area (Å²) in [5.74, 6) is -1.64. The Bertz CT molecular complexity index is 1040. The first-order valence-electron chi connectivity index (χ1n) is 10.2. The van der Waals surface area contributed by atoms with Crippen LogP contribution < -0.4 is 5.32 Å². The van der Waals surface area contributed by atoms with E-state index in [1.54, 1.807) is 0 Å². The van der Waals surface area contributed by atoms with Crippen LogP contribution in [-0.4, -0.2) is 60.9 Å². The van der Waals surface area contributed by atoms with Crippen LogP contribution >= 0.6 is 0 Å². The maximum absolute atomic E-state index is 13.1. The van der Waals surface area contributed by atoms with Crippen LogP contribution in [0.25, 0.3) is 0 Å². The van der Waals surface area contributed by atoms with Crippen LogP contribution in [0.5, 0.6) is 0 Å². The quantitative estimate of drug-likeness (QED) is 0.667. The van der Waals surface area contributed by atoms with Gasteiger partial charge in [-0.3, -0.25) is 14.5 Å². The summed E-state index contributed by atoms with van der Waals surface area (Å²) >= 11 is 0. The van der Waals surface area contributed by atoms with E-state index in [-0.39, 0.29) is 25.3 Å². The molecule has 10 heteroatoms. The van der Waals surface area contributed by atoms with Crippen molar-refractivity contribution in [1.82, 2.24) is 9.80 Å². The molecule has 0 aliphatic carbocycles. The highest BCUT2D eigenvalue weighted by Gasteiger charge is 2.36. The predicted molar refractivity (Wildman–Crippen MR) is 114 cm³/mol. The zero-order chi connectivity index (χ0) is 24.2. The number of alkyl halides is 3. The summed E-state index contributed by atoms with van der Waals surface area (Å²) in [5, 5.41) is 2.25.